The highest BCUT2D eigenvalue weighted by molar-refractivity contribution is 7.99. The fraction of sp³-hybridized carbons (Fsp3) is 0.538. The molecule has 0 unspecified atom stereocenters. The van der Waals surface area contributed by atoms with Gasteiger partial charge in [-0.25, -0.2) is 0 Å². The van der Waals surface area contributed by atoms with E-state index in [1.807, 2.05) is 13.8 Å². The van der Waals surface area contributed by atoms with Crippen molar-refractivity contribution in [3.8, 4) is 6.07 Å². The molecular weight excluding hydrogens is 260 g/mol. The minimum absolute atomic E-state index is 0.0131. The Balaban J connectivity index is 1.93. The van der Waals surface area contributed by atoms with E-state index in [0.717, 1.165) is 17.8 Å². The smallest absolute Gasteiger partial charge is 0.230 e. The molecule has 100 valence electrons. The minimum atomic E-state index is -0.0131. The molecule has 1 amide bonds. The lowest BCUT2D eigenvalue weighted by molar-refractivity contribution is -0.118. The molecule has 2 rings (SSSR count). The van der Waals surface area contributed by atoms with Crippen LogP contribution >= 0.6 is 11.8 Å². The third-order valence-corrected chi connectivity index (χ3v) is 4.12. The average molecular weight is 276 g/mol. The Morgan fingerprint density at radius 1 is 1.47 bits per heavy atom. The average Bonchev–Trinajstić information content (AvgIpc) is 3.22. The van der Waals surface area contributed by atoms with Gasteiger partial charge >= 0.3 is 0 Å². The van der Waals surface area contributed by atoms with Crippen molar-refractivity contribution >= 4 is 17.7 Å². The van der Waals surface area contributed by atoms with Crippen LogP contribution < -0.4 is 5.32 Å². The van der Waals surface area contributed by atoms with Gasteiger partial charge in [-0.2, -0.15) is 10.4 Å². The number of aryl methyl sites for hydroxylation is 1. The number of aromatic nitrogens is 2. The normalized spacial score (nSPS) is 13.9. The molecule has 0 atom stereocenters. The molecule has 0 aliphatic heterocycles. The quantitative estimate of drug-likeness (QED) is 0.826. The second-order valence-electron chi connectivity index (χ2n) is 4.74. The summed E-state index contributed by atoms with van der Waals surface area (Å²) in [5.41, 5.74) is 2.10. The largest absolute Gasteiger partial charge is 0.355 e. The molecule has 0 bridgehead atoms. The van der Waals surface area contributed by atoms with E-state index in [2.05, 4.69) is 21.6 Å². The molecule has 6 heteroatoms. The van der Waals surface area contributed by atoms with Crippen LogP contribution in [0.4, 0.5) is 0 Å². The van der Waals surface area contributed by atoms with Gasteiger partial charge in [0.15, 0.2) is 0 Å². The van der Waals surface area contributed by atoms with Gasteiger partial charge in [0.25, 0.3) is 0 Å². The van der Waals surface area contributed by atoms with E-state index < -0.39 is 0 Å². The first kappa shape index (κ1) is 13.8. The number of hydrogen-bond donors (Lipinski definition) is 1. The molecule has 1 N–H and O–H groups in total. The van der Waals surface area contributed by atoms with Crippen LogP contribution in [-0.2, 0) is 4.79 Å². The maximum Gasteiger partial charge on any atom is 0.230 e. The number of amides is 1. The lowest BCUT2D eigenvalue weighted by Crippen LogP contribution is -2.27. The summed E-state index contributed by atoms with van der Waals surface area (Å²) in [5.74, 6) is 0.935. The van der Waals surface area contributed by atoms with Crippen molar-refractivity contribution in [3.63, 3.8) is 0 Å². The Hall–Kier alpha value is -1.61. The van der Waals surface area contributed by atoms with Crippen LogP contribution in [0.25, 0.3) is 0 Å². The molecule has 0 saturated heterocycles. The van der Waals surface area contributed by atoms with Gasteiger partial charge < -0.3 is 5.32 Å². The zero-order chi connectivity index (χ0) is 13.8. The highest BCUT2D eigenvalue weighted by atomic mass is 32.2. The summed E-state index contributed by atoms with van der Waals surface area (Å²) in [4.78, 5) is 11.6. The van der Waals surface area contributed by atoms with Gasteiger partial charge in [-0.1, -0.05) is 11.8 Å². The summed E-state index contributed by atoms with van der Waals surface area (Å²) in [6, 6.07) is 2.13. The molecule has 0 radical (unpaired) electrons. The molecule has 1 aliphatic carbocycles. The van der Waals surface area contributed by atoms with Gasteiger partial charge in [0.2, 0.25) is 5.91 Å². The molecule has 1 aromatic rings. The van der Waals surface area contributed by atoms with Crippen LogP contribution in [0.15, 0.2) is 5.03 Å². The van der Waals surface area contributed by atoms with Gasteiger partial charge in [0, 0.05) is 6.54 Å². The topological polar surface area (TPSA) is 78.7 Å². The molecule has 0 aromatic carbocycles. The molecular formula is C13H16N4OS. The summed E-state index contributed by atoms with van der Waals surface area (Å²) in [5, 5.41) is 20.6. The number of carbonyl (C=O) groups excluding carboxylic acids is 1. The monoisotopic (exact) mass is 276 g/mol. The van der Waals surface area contributed by atoms with Crippen LogP contribution in [0.3, 0.4) is 0 Å². The predicted octanol–water partition coefficient (Wildman–Crippen LogP) is 1.58. The minimum Gasteiger partial charge on any atom is -0.355 e. The molecule has 5 nitrogen and oxygen atoms in total. The summed E-state index contributed by atoms with van der Waals surface area (Å²) in [6.07, 6.45) is 2.43. The number of thioether (sulfide) groups is 1. The van der Waals surface area contributed by atoms with Gasteiger partial charge in [-0.05, 0) is 38.2 Å². The van der Waals surface area contributed by atoms with E-state index in [1.165, 1.54) is 24.6 Å². The van der Waals surface area contributed by atoms with Crippen molar-refractivity contribution in [2.45, 2.75) is 31.7 Å². The van der Waals surface area contributed by atoms with Crippen LogP contribution in [0.1, 0.15) is 29.7 Å². The van der Waals surface area contributed by atoms with E-state index in [9.17, 15) is 4.79 Å². The second-order valence-corrected chi connectivity index (χ2v) is 5.70. The molecule has 1 aliphatic rings. The summed E-state index contributed by atoms with van der Waals surface area (Å²) in [7, 11) is 0. The van der Waals surface area contributed by atoms with Crippen molar-refractivity contribution < 1.29 is 4.79 Å². The number of nitrogens with one attached hydrogen (secondary N) is 1. The van der Waals surface area contributed by atoms with E-state index in [-0.39, 0.29) is 11.7 Å². The van der Waals surface area contributed by atoms with Gasteiger partial charge in [-0.15, -0.1) is 5.10 Å². The Kier molecular flexibility index (Phi) is 4.38. The van der Waals surface area contributed by atoms with Crippen molar-refractivity contribution in [3.05, 3.63) is 16.8 Å². The number of hydrogen-bond acceptors (Lipinski definition) is 5. The maximum atomic E-state index is 11.6. The van der Waals surface area contributed by atoms with Gasteiger partial charge in [0.1, 0.15) is 11.1 Å². The van der Waals surface area contributed by atoms with E-state index in [0.29, 0.717) is 16.5 Å². The fourth-order valence-electron chi connectivity index (χ4n) is 1.58. The first-order valence-corrected chi connectivity index (χ1v) is 7.24. The molecule has 19 heavy (non-hydrogen) atoms. The molecule has 1 heterocycles. The van der Waals surface area contributed by atoms with Crippen molar-refractivity contribution in [1.29, 1.82) is 5.26 Å². The lowest BCUT2D eigenvalue weighted by Gasteiger charge is -2.07. The fourth-order valence-corrected chi connectivity index (χ4v) is 2.40. The summed E-state index contributed by atoms with van der Waals surface area (Å²) in [6.45, 7) is 4.43. The van der Waals surface area contributed by atoms with Crippen LogP contribution in [0.5, 0.6) is 0 Å². The van der Waals surface area contributed by atoms with E-state index >= 15 is 0 Å². The highest BCUT2D eigenvalue weighted by Gasteiger charge is 2.21. The second kappa shape index (κ2) is 6.02. The standard InChI is InChI=1S/C13H16N4OS/c1-8-9(2)16-17-13(11(8)5-14)19-7-12(18)15-6-10-3-4-10/h10H,3-4,6-7H2,1-2H3,(H,15,18). The lowest BCUT2D eigenvalue weighted by atomic mass is 10.1. The van der Waals surface area contributed by atoms with Gasteiger partial charge in [-0.3, -0.25) is 4.79 Å². The molecule has 1 saturated carbocycles. The Morgan fingerprint density at radius 2 is 2.21 bits per heavy atom. The van der Waals surface area contributed by atoms with Crippen molar-refractivity contribution in [1.82, 2.24) is 15.5 Å². The summed E-state index contributed by atoms with van der Waals surface area (Å²) >= 11 is 1.27. The first-order chi connectivity index (χ1) is 9.11. The third kappa shape index (κ3) is 3.67. The van der Waals surface area contributed by atoms with Crippen molar-refractivity contribution in [2.24, 2.45) is 5.92 Å². The maximum absolute atomic E-state index is 11.6. The summed E-state index contributed by atoms with van der Waals surface area (Å²) < 4.78 is 0. The molecule has 0 spiro atoms. The third-order valence-electron chi connectivity index (χ3n) is 3.16. The number of nitriles is 1. The number of rotatable bonds is 5. The molecule has 1 fully saturated rings. The van der Waals surface area contributed by atoms with Gasteiger partial charge in [0.05, 0.1) is 17.0 Å². The van der Waals surface area contributed by atoms with E-state index in [1.54, 1.807) is 0 Å². The highest BCUT2D eigenvalue weighted by Crippen LogP contribution is 2.27. The zero-order valence-corrected chi connectivity index (χ0v) is 11.9. The number of carbonyl (C=O) groups is 1. The Labute approximate surface area is 116 Å². The van der Waals surface area contributed by atoms with Crippen LogP contribution in [-0.4, -0.2) is 28.4 Å². The SMILES string of the molecule is Cc1nnc(SCC(=O)NCC2CC2)c(C#N)c1C. The Morgan fingerprint density at radius 3 is 2.84 bits per heavy atom. The van der Waals surface area contributed by atoms with Crippen LogP contribution in [0.2, 0.25) is 0 Å². The first-order valence-electron chi connectivity index (χ1n) is 6.25. The van der Waals surface area contributed by atoms with Crippen LogP contribution in [0, 0.1) is 31.1 Å². The Bertz CT molecular complexity index is 534. The van der Waals surface area contributed by atoms with E-state index in [4.69, 9.17) is 5.26 Å². The van der Waals surface area contributed by atoms with Crippen molar-refractivity contribution in [2.75, 3.05) is 12.3 Å². The molecule has 1 aromatic heterocycles. The number of nitrogens with zero attached hydrogens (tertiary/aromatic N) is 3. The zero-order valence-electron chi connectivity index (χ0n) is 11.1. The predicted molar refractivity (Wildman–Crippen MR) is 72.7 cm³/mol.